The van der Waals surface area contributed by atoms with Gasteiger partial charge in [-0.3, -0.25) is 19.0 Å². The van der Waals surface area contributed by atoms with Crippen LogP contribution in [0.15, 0.2) is 42.7 Å². The number of aromatic nitrogens is 4. The highest BCUT2D eigenvalue weighted by Crippen LogP contribution is 2.21. The van der Waals surface area contributed by atoms with Gasteiger partial charge < -0.3 is 20.5 Å². The fraction of sp³-hybridized carbons (Fsp3) is 0.250. The summed E-state index contributed by atoms with van der Waals surface area (Å²) in [4.78, 5) is 36.6. The van der Waals surface area contributed by atoms with Gasteiger partial charge in [0.1, 0.15) is 17.5 Å². The number of anilines is 2. The zero-order valence-electron chi connectivity index (χ0n) is 17.2. The number of aliphatic carboxylic acids is 1. The van der Waals surface area contributed by atoms with Gasteiger partial charge in [-0.1, -0.05) is 6.07 Å². The molecule has 2 heterocycles. The summed E-state index contributed by atoms with van der Waals surface area (Å²) >= 11 is 0. The number of carbonyl (C=O) groups excluding carboxylic acids is 2. The molecule has 0 aliphatic carbocycles. The maximum Gasteiger partial charge on any atom is 0.328 e. The average Bonchev–Trinajstić information content (AvgIpc) is 3.40. The van der Waals surface area contributed by atoms with Crippen molar-refractivity contribution in [3.05, 3.63) is 54.1 Å². The number of hydrogen-bond acceptors (Lipinski definition) is 6. The van der Waals surface area contributed by atoms with Crippen LogP contribution in [0.3, 0.4) is 0 Å². The normalized spacial score (nSPS) is 11.6. The maximum absolute atomic E-state index is 12.9. The second-order valence-electron chi connectivity index (χ2n) is 6.56. The van der Waals surface area contributed by atoms with E-state index in [0.717, 1.165) is 0 Å². The summed E-state index contributed by atoms with van der Waals surface area (Å²) in [6, 6.07) is 7.34. The predicted octanol–water partition coefficient (Wildman–Crippen LogP) is 2.26. The fourth-order valence-electron chi connectivity index (χ4n) is 2.82. The van der Waals surface area contributed by atoms with E-state index >= 15 is 0 Å². The van der Waals surface area contributed by atoms with Gasteiger partial charge >= 0.3 is 5.97 Å². The lowest BCUT2D eigenvalue weighted by Gasteiger charge is -2.10. The van der Waals surface area contributed by atoms with Gasteiger partial charge in [0.15, 0.2) is 5.69 Å². The minimum absolute atomic E-state index is 0.0107. The molecular weight excluding hydrogens is 404 g/mol. The Morgan fingerprint density at radius 2 is 1.97 bits per heavy atom. The van der Waals surface area contributed by atoms with E-state index in [1.807, 2.05) is 6.92 Å². The number of rotatable bonds is 8. The van der Waals surface area contributed by atoms with Crippen molar-refractivity contribution in [3.63, 3.8) is 0 Å². The number of hydrogen-bond donors (Lipinski definition) is 3. The molecule has 2 amide bonds. The van der Waals surface area contributed by atoms with E-state index in [4.69, 9.17) is 9.84 Å². The lowest BCUT2D eigenvalue weighted by atomic mass is 10.2. The molecule has 11 nitrogen and oxygen atoms in total. The van der Waals surface area contributed by atoms with E-state index in [1.165, 1.54) is 41.9 Å². The maximum atomic E-state index is 12.9. The van der Waals surface area contributed by atoms with Crippen LogP contribution in [0.4, 0.5) is 11.4 Å². The molecular formula is C20H22N6O5. The molecule has 1 aromatic carbocycles. The van der Waals surface area contributed by atoms with Crippen LogP contribution in [0.2, 0.25) is 0 Å². The Morgan fingerprint density at radius 1 is 1.19 bits per heavy atom. The minimum atomic E-state index is -1.07. The number of nitrogens with one attached hydrogen (secondary N) is 2. The number of amides is 2. The number of benzene rings is 1. The molecule has 3 N–H and O–H groups in total. The molecule has 3 aromatic rings. The standard InChI is InChI=1S/C20H22N6O5/c1-4-25-17(19(28)22-13-6-5-7-14(10-13)31-3)16(11-21-25)23-18(27)15-8-9-26(24-15)12(2)20(29)30/h5-12H,4H2,1-3H3,(H,22,28)(H,23,27)(H,29,30). The summed E-state index contributed by atoms with van der Waals surface area (Å²) in [6.45, 7) is 3.67. The molecule has 1 unspecified atom stereocenters. The molecule has 0 saturated carbocycles. The lowest BCUT2D eigenvalue weighted by molar-refractivity contribution is -0.140. The Bertz CT molecular complexity index is 1120. The van der Waals surface area contributed by atoms with Gasteiger partial charge in [0.05, 0.1) is 19.0 Å². The molecule has 2 aromatic heterocycles. The largest absolute Gasteiger partial charge is 0.497 e. The first-order valence-corrected chi connectivity index (χ1v) is 9.44. The zero-order valence-corrected chi connectivity index (χ0v) is 17.2. The van der Waals surface area contributed by atoms with Crippen LogP contribution in [0.25, 0.3) is 0 Å². The molecule has 0 radical (unpaired) electrons. The van der Waals surface area contributed by atoms with Crippen molar-refractivity contribution >= 4 is 29.2 Å². The highest BCUT2D eigenvalue weighted by molar-refractivity contribution is 6.11. The molecule has 3 rings (SSSR count). The van der Waals surface area contributed by atoms with E-state index < -0.39 is 23.8 Å². The van der Waals surface area contributed by atoms with Crippen LogP contribution in [0.1, 0.15) is 40.9 Å². The summed E-state index contributed by atoms with van der Waals surface area (Å²) in [6.07, 6.45) is 2.78. The molecule has 0 aliphatic heterocycles. The number of carbonyl (C=O) groups is 3. The Balaban J connectivity index is 1.81. The first kappa shape index (κ1) is 21.6. The zero-order chi connectivity index (χ0) is 22.5. The summed E-state index contributed by atoms with van der Waals surface area (Å²) in [7, 11) is 1.53. The van der Waals surface area contributed by atoms with Crippen LogP contribution >= 0.6 is 0 Å². The topological polar surface area (TPSA) is 140 Å². The average molecular weight is 426 g/mol. The van der Waals surface area contributed by atoms with E-state index in [1.54, 1.807) is 24.3 Å². The number of nitrogens with zero attached hydrogens (tertiary/aromatic N) is 4. The Labute approximate surface area is 177 Å². The molecule has 0 spiro atoms. The lowest BCUT2D eigenvalue weighted by Crippen LogP contribution is -2.21. The first-order chi connectivity index (χ1) is 14.8. The van der Waals surface area contributed by atoms with Gasteiger partial charge in [0.2, 0.25) is 0 Å². The van der Waals surface area contributed by atoms with Crippen LogP contribution < -0.4 is 15.4 Å². The Hall–Kier alpha value is -4.15. The molecule has 0 fully saturated rings. The fourth-order valence-corrected chi connectivity index (χ4v) is 2.82. The monoisotopic (exact) mass is 426 g/mol. The van der Waals surface area contributed by atoms with Crippen molar-refractivity contribution in [3.8, 4) is 5.75 Å². The van der Waals surface area contributed by atoms with Crippen LogP contribution in [0, 0.1) is 0 Å². The van der Waals surface area contributed by atoms with Crippen LogP contribution in [-0.4, -0.2) is 49.6 Å². The van der Waals surface area contributed by atoms with Gasteiger partial charge in [-0.15, -0.1) is 0 Å². The van der Waals surface area contributed by atoms with Crippen molar-refractivity contribution in [2.75, 3.05) is 17.7 Å². The molecule has 11 heteroatoms. The van der Waals surface area contributed by atoms with Crippen LogP contribution in [-0.2, 0) is 11.3 Å². The van der Waals surface area contributed by atoms with E-state index in [0.29, 0.717) is 18.0 Å². The molecule has 0 bridgehead atoms. The Kier molecular flexibility index (Phi) is 6.34. The summed E-state index contributed by atoms with van der Waals surface area (Å²) < 4.78 is 7.78. The third kappa shape index (κ3) is 4.71. The van der Waals surface area contributed by atoms with Crippen molar-refractivity contribution in [1.82, 2.24) is 19.6 Å². The summed E-state index contributed by atoms with van der Waals surface area (Å²) in [5.74, 6) is -1.55. The van der Waals surface area contributed by atoms with Crippen molar-refractivity contribution in [2.45, 2.75) is 26.4 Å². The highest BCUT2D eigenvalue weighted by Gasteiger charge is 2.22. The Morgan fingerprint density at radius 3 is 2.65 bits per heavy atom. The molecule has 31 heavy (non-hydrogen) atoms. The molecule has 0 saturated heterocycles. The predicted molar refractivity (Wildman–Crippen MR) is 111 cm³/mol. The minimum Gasteiger partial charge on any atom is -0.497 e. The molecule has 162 valence electrons. The number of ether oxygens (including phenoxy) is 1. The van der Waals surface area contributed by atoms with E-state index in [-0.39, 0.29) is 17.1 Å². The summed E-state index contributed by atoms with van der Waals surface area (Å²) in [5.41, 5.74) is 0.897. The third-order valence-electron chi connectivity index (χ3n) is 4.53. The summed E-state index contributed by atoms with van der Waals surface area (Å²) in [5, 5.41) is 22.6. The van der Waals surface area contributed by atoms with Gasteiger partial charge in [0, 0.05) is 24.5 Å². The smallest absolute Gasteiger partial charge is 0.328 e. The van der Waals surface area contributed by atoms with Gasteiger partial charge in [0.25, 0.3) is 11.8 Å². The van der Waals surface area contributed by atoms with Crippen LogP contribution in [0.5, 0.6) is 5.75 Å². The number of carboxylic acid groups (broad SMARTS) is 1. The SMILES string of the molecule is CCn1ncc(NC(=O)c2ccn(C(C)C(=O)O)n2)c1C(=O)Nc1cccc(OC)c1. The van der Waals surface area contributed by atoms with Gasteiger partial charge in [-0.05, 0) is 32.0 Å². The van der Waals surface area contributed by atoms with Crippen molar-refractivity contribution in [2.24, 2.45) is 0 Å². The third-order valence-corrected chi connectivity index (χ3v) is 4.53. The van der Waals surface area contributed by atoms with Gasteiger partial charge in [-0.2, -0.15) is 10.2 Å². The number of methoxy groups -OCH3 is 1. The molecule has 1 atom stereocenters. The van der Waals surface area contributed by atoms with E-state index in [2.05, 4.69) is 20.8 Å². The highest BCUT2D eigenvalue weighted by atomic mass is 16.5. The van der Waals surface area contributed by atoms with Gasteiger partial charge in [-0.25, -0.2) is 4.79 Å². The molecule has 0 aliphatic rings. The number of carboxylic acids is 1. The second kappa shape index (κ2) is 9.11. The first-order valence-electron chi connectivity index (χ1n) is 9.44. The quantitative estimate of drug-likeness (QED) is 0.502. The van der Waals surface area contributed by atoms with Crippen molar-refractivity contribution < 1.29 is 24.2 Å². The van der Waals surface area contributed by atoms with Crippen molar-refractivity contribution in [1.29, 1.82) is 0 Å². The van der Waals surface area contributed by atoms with E-state index in [9.17, 15) is 14.4 Å². The number of aryl methyl sites for hydroxylation is 1. The second-order valence-corrected chi connectivity index (χ2v) is 6.56.